The van der Waals surface area contributed by atoms with Gasteiger partial charge in [-0.3, -0.25) is 9.59 Å². The molecule has 1 aromatic carbocycles. The Balaban J connectivity index is 1.50. The van der Waals surface area contributed by atoms with Crippen LogP contribution in [0.25, 0.3) is 0 Å². The fourth-order valence-corrected chi connectivity index (χ4v) is 3.38. The lowest BCUT2D eigenvalue weighted by Gasteiger charge is -2.37. The van der Waals surface area contributed by atoms with E-state index >= 15 is 0 Å². The van der Waals surface area contributed by atoms with Crippen LogP contribution in [-0.4, -0.2) is 59.6 Å². The van der Waals surface area contributed by atoms with Gasteiger partial charge in [-0.05, 0) is 12.1 Å². The highest BCUT2D eigenvalue weighted by molar-refractivity contribution is 6.01. The van der Waals surface area contributed by atoms with Crippen LogP contribution in [0.3, 0.4) is 0 Å². The van der Waals surface area contributed by atoms with Crippen LogP contribution in [0.2, 0.25) is 0 Å². The first-order valence-corrected chi connectivity index (χ1v) is 9.40. The van der Waals surface area contributed by atoms with Gasteiger partial charge in [0.1, 0.15) is 17.7 Å². The molecule has 1 saturated heterocycles. The van der Waals surface area contributed by atoms with Gasteiger partial charge in [0.05, 0.1) is 12.1 Å². The summed E-state index contributed by atoms with van der Waals surface area (Å²) >= 11 is 0. The minimum atomic E-state index is -0.700. The second-order valence-corrected chi connectivity index (χ2v) is 8.22. The summed E-state index contributed by atoms with van der Waals surface area (Å²) in [7, 11) is 0. The molecule has 2 aliphatic rings. The Kier molecular flexibility index (Phi) is 5.67. The smallest absolute Gasteiger partial charge is 0.228 e. The lowest BCUT2D eigenvalue weighted by atomic mass is 9.94. The number of carbonyl (C=O) groups is 2. The number of carbonyl (C=O) groups excluding carboxylic acids is 2. The normalized spacial score (nSPS) is 20.0. The molecule has 0 radical (unpaired) electrons. The van der Waals surface area contributed by atoms with E-state index in [1.807, 2.05) is 20.8 Å². The molecule has 1 atom stereocenters. The summed E-state index contributed by atoms with van der Waals surface area (Å²) in [6.07, 6.45) is -0.0547. The highest BCUT2D eigenvalue weighted by Crippen LogP contribution is 2.23. The number of halogens is 2. The molecule has 0 bridgehead atoms. The quantitative estimate of drug-likeness (QED) is 0.793. The van der Waals surface area contributed by atoms with Gasteiger partial charge >= 0.3 is 0 Å². The van der Waals surface area contributed by atoms with E-state index in [2.05, 4.69) is 5.16 Å². The summed E-state index contributed by atoms with van der Waals surface area (Å²) in [5.74, 6) is -1.35. The summed E-state index contributed by atoms with van der Waals surface area (Å²) < 4.78 is 26.9. The van der Waals surface area contributed by atoms with E-state index in [0.29, 0.717) is 31.9 Å². The number of oxime groups is 1. The summed E-state index contributed by atoms with van der Waals surface area (Å²) in [6, 6.07) is 3.29. The Morgan fingerprint density at radius 3 is 2.39 bits per heavy atom. The summed E-state index contributed by atoms with van der Waals surface area (Å²) in [4.78, 5) is 33.7. The predicted molar refractivity (Wildman–Crippen MR) is 99.6 cm³/mol. The molecule has 2 amide bonds. The van der Waals surface area contributed by atoms with Crippen LogP contribution in [0.5, 0.6) is 0 Å². The van der Waals surface area contributed by atoms with Gasteiger partial charge in [-0.1, -0.05) is 25.9 Å². The van der Waals surface area contributed by atoms with Gasteiger partial charge in [0.2, 0.25) is 11.8 Å². The summed E-state index contributed by atoms with van der Waals surface area (Å²) in [5.41, 5.74) is 0.120. The number of nitrogens with zero attached hydrogens (tertiary/aromatic N) is 3. The van der Waals surface area contributed by atoms with Crippen LogP contribution < -0.4 is 0 Å². The zero-order valence-corrected chi connectivity index (χ0v) is 16.4. The Hall–Kier alpha value is -2.51. The fraction of sp³-hybridized carbons (Fsp3) is 0.550. The number of rotatable bonds is 3. The van der Waals surface area contributed by atoms with Gasteiger partial charge in [0.15, 0.2) is 0 Å². The number of piperazine rings is 1. The lowest BCUT2D eigenvalue weighted by molar-refractivity contribution is -0.145. The Morgan fingerprint density at radius 1 is 1.14 bits per heavy atom. The van der Waals surface area contributed by atoms with Gasteiger partial charge in [0, 0.05) is 49.6 Å². The molecule has 0 unspecified atom stereocenters. The molecule has 0 aliphatic carbocycles. The minimum absolute atomic E-state index is 0.0797. The van der Waals surface area contributed by atoms with Crippen molar-refractivity contribution < 1.29 is 23.2 Å². The number of hydrogen-bond donors (Lipinski definition) is 0. The van der Waals surface area contributed by atoms with Gasteiger partial charge in [-0.2, -0.15) is 0 Å². The molecule has 0 saturated carbocycles. The van der Waals surface area contributed by atoms with Crippen LogP contribution in [0, 0.1) is 17.0 Å². The Morgan fingerprint density at radius 2 is 1.79 bits per heavy atom. The predicted octanol–water partition coefficient (Wildman–Crippen LogP) is 2.56. The maximum atomic E-state index is 13.9. The molecule has 152 valence electrons. The van der Waals surface area contributed by atoms with Crippen LogP contribution in [0.4, 0.5) is 8.78 Å². The monoisotopic (exact) mass is 393 g/mol. The molecule has 2 heterocycles. The highest BCUT2D eigenvalue weighted by Gasteiger charge is 2.33. The van der Waals surface area contributed by atoms with E-state index < -0.39 is 23.2 Å². The molecular formula is C20H25F2N3O3. The standard InChI is InChI=1S/C20H25F2N3O3/c1-20(2,3)19(27)25-8-6-24(7-9-25)18(26)12-14-11-17(23-28-14)15-5-4-13(21)10-16(15)22/h4-5,10,14H,6-9,11-12H2,1-3H3/t14-/m1/s1. The second kappa shape index (κ2) is 7.85. The maximum absolute atomic E-state index is 13.9. The van der Waals surface area contributed by atoms with Crippen molar-refractivity contribution in [3.63, 3.8) is 0 Å². The van der Waals surface area contributed by atoms with E-state index in [0.717, 1.165) is 12.1 Å². The third-order valence-corrected chi connectivity index (χ3v) is 4.94. The fourth-order valence-electron chi connectivity index (χ4n) is 3.38. The Labute approximate surface area is 163 Å². The molecule has 2 aliphatic heterocycles. The SMILES string of the molecule is CC(C)(C)C(=O)N1CCN(C(=O)C[C@H]2CC(c3ccc(F)cc3F)=NO2)CC1. The van der Waals surface area contributed by atoms with Crippen LogP contribution in [0.1, 0.15) is 39.2 Å². The van der Waals surface area contributed by atoms with Crippen LogP contribution in [-0.2, 0) is 14.4 Å². The molecule has 0 aromatic heterocycles. The van der Waals surface area contributed by atoms with Gasteiger partial charge in [0.25, 0.3) is 0 Å². The Bertz CT molecular complexity index is 796. The van der Waals surface area contributed by atoms with Crippen molar-refractivity contribution in [3.8, 4) is 0 Å². The van der Waals surface area contributed by atoms with E-state index in [9.17, 15) is 18.4 Å². The molecule has 1 fully saturated rings. The highest BCUT2D eigenvalue weighted by atomic mass is 19.1. The summed E-state index contributed by atoms with van der Waals surface area (Å²) in [6.45, 7) is 7.62. The third kappa shape index (κ3) is 4.48. The van der Waals surface area contributed by atoms with Crippen molar-refractivity contribution in [2.45, 2.75) is 39.7 Å². The first-order valence-electron chi connectivity index (χ1n) is 9.40. The molecule has 1 aromatic rings. The van der Waals surface area contributed by atoms with E-state index in [4.69, 9.17) is 4.84 Å². The topological polar surface area (TPSA) is 62.2 Å². The van der Waals surface area contributed by atoms with Crippen LogP contribution in [0.15, 0.2) is 23.4 Å². The number of benzene rings is 1. The van der Waals surface area contributed by atoms with E-state index in [1.54, 1.807) is 9.80 Å². The molecule has 0 N–H and O–H groups in total. The first-order chi connectivity index (χ1) is 13.1. The lowest BCUT2D eigenvalue weighted by Crippen LogP contribution is -2.53. The average molecular weight is 393 g/mol. The van der Waals surface area contributed by atoms with Gasteiger partial charge < -0.3 is 14.6 Å². The first kappa shape index (κ1) is 20.2. The van der Waals surface area contributed by atoms with Crippen molar-refractivity contribution in [2.75, 3.05) is 26.2 Å². The maximum Gasteiger partial charge on any atom is 0.228 e. The molecular weight excluding hydrogens is 368 g/mol. The van der Waals surface area contributed by atoms with Crippen molar-refractivity contribution in [1.29, 1.82) is 0 Å². The zero-order valence-electron chi connectivity index (χ0n) is 16.4. The molecule has 8 heteroatoms. The van der Waals surface area contributed by atoms with Crippen molar-refractivity contribution >= 4 is 17.5 Å². The van der Waals surface area contributed by atoms with Crippen LogP contribution >= 0.6 is 0 Å². The summed E-state index contributed by atoms with van der Waals surface area (Å²) in [5, 5.41) is 3.87. The van der Waals surface area contributed by atoms with Crippen molar-refractivity contribution in [3.05, 3.63) is 35.4 Å². The van der Waals surface area contributed by atoms with Crippen molar-refractivity contribution in [1.82, 2.24) is 9.80 Å². The van der Waals surface area contributed by atoms with Gasteiger partial charge in [-0.15, -0.1) is 0 Å². The number of amides is 2. The minimum Gasteiger partial charge on any atom is -0.391 e. The molecule has 0 spiro atoms. The zero-order chi connectivity index (χ0) is 20.5. The molecule has 6 nitrogen and oxygen atoms in total. The third-order valence-electron chi connectivity index (χ3n) is 4.94. The molecule has 28 heavy (non-hydrogen) atoms. The van der Waals surface area contributed by atoms with Gasteiger partial charge in [-0.25, -0.2) is 8.78 Å². The second-order valence-electron chi connectivity index (χ2n) is 8.22. The van der Waals surface area contributed by atoms with Crippen molar-refractivity contribution in [2.24, 2.45) is 10.6 Å². The number of hydrogen-bond acceptors (Lipinski definition) is 4. The average Bonchev–Trinajstić information content (AvgIpc) is 3.08. The largest absolute Gasteiger partial charge is 0.391 e. The van der Waals surface area contributed by atoms with E-state index in [1.165, 1.54) is 6.07 Å². The molecule has 3 rings (SSSR count). The van der Waals surface area contributed by atoms with E-state index in [-0.39, 0.29) is 30.2 Å².